The fraction of sp³-hybridized carbons (Fsp3) is 1.00. The molecule has 0 N–H and O–H groups in total. The zero-order valence-electron chi connectivity index (χ0n) is 9.86. The monoisotopic (exact) mass is 238 g/mol. The van der Waals surface area contributed by atoms with Crippen LogP contribution in [0, 0.1) is 0 Å². The number of hydrogen-bond donors (Lipinski definition) is 0. The smallest absolute Gasteiger partial charge is 0.154 e. The van der Waals surface area contributed by atoms with Gasteiger partial charge in [-0.05, 0) is 19.8 Å². The molecule has 0 bridgehead atoms. The maximum Gasteiger partial charge on any atom is 0.154 e. The van der Waals surface area contributed by atoms with Gasteiger partial charge >= 0.3 is 0 Å². The maximum absolute atomic E-state index is 11.4. The largest absolute Gasteiger partial charge is 0.356 e. The molecule has 5 heteroatoms. The summed E-state index contributed by atoms with van der Waals surface area (Å²) in [6.45, 7) is 4.20. The Hall–Kier alpha value is -0.130. The summed E-state index contributed by atoms with van der Waals surface area (Å²) < 4.78 is 32.9. The minimum absolute atomic E-state index is 0.212. The highest BCUT2D eigenvalue weighted by Gasteiger charge is 2.09. The fourth-order valence-corrected chi connectivity index (χ4v) is 2.55. The van der Waals surface area contributed by atoms with Gasteiger partial charge in [0.25, 0.3) is 0 Å². The van der Waals surface area contributed by atoms with Gasteiger partial charge < -0.3 is 9.47 Å². The van der Waals surface area contributed by atoms with Crippen LogP contribution in [0.2, 0.25) is 0 Å². The van der Waals surface area contributed by atoms with Crippen molar-refractivity contribution in [3.63, 3.8) is 0 Å². The highest BCUT2D eigenvalue weighted by Crippen LogP contribution is 2.00. The van der Waals surface area contributed by atoms with Crippen LogP contribution in [0.4, 0.5) is 0 Å². The number of rotatable bonds is 9. The van der Waals surface area contributed by atoms with Gasteiger partial charge in [-0.2, -0.15) is 0 Å². The highest BCUT2D eigenvalue weighted by molar-refractivity contribution is 7.91. The van der Waals surface area contributed by atoms with Gasteiger partial charge in [0.05, 0.1) is 18.1 Å². The molecule has 0 fully saturated rings. The van der Waals surface area contributed by atoms with Crippen LogP contribution in [0.15, 0.2) is 0 Å². The fourth-order valence-electron chi connectivity index (χ4n) is 1.06. The third-order valence-corrected chi connectivity index (χ3v) is 3.91. The van der Waals surface area contributed by atoms with Gasteiger partial charge in [-0.15, -0.1) is 0 Å². The molecule has 0 saturated carbocycles. The predicted molar refractivity (Wildman–Crippen MR) is 60.6 cm³/mol. The molecule has 15 heavy (non-hydrogen) atoms. The van der Waals surface area contributed by atoms with E-state index in [1.54, 1.807) is 14.0 Å². The van der Waals surface area contributed by atoms with E-state index in [0.29, 0.717) is 18.8 Å². The summed E-state index contributed by atoms with van der Waals surface area (Å²) in [5.74, 6) is 0.507. The van der Waals surface area contributed by atoms with Crippen molar-refractivity contribution < 1.29 is 17.9 Å². The van der Waals surface area contributed by atoms with Crippen LogP contribution in [-0.4, -0.2) is 39.9 Å². The summed E-state index contributed by atoms with van der Waals surface area (Å²) >= 11 is 0. The molecule has 1 unspecified atom stereocenters. The van der Waals surface area contributed by atoms with E-state index in [1.165, 1.54) is 0 Å². The van der Waals surface area contributed by atoms with Crippen molar-refractivity contribution in [2.45, 2.75) is 39.4 Å². The average Bonchev–Trinajstić information content (AvgIpc) is 2.21. The Morgan fingerprint density at radius 3 is 2.33 bits per heavy atom. The van der Waals surface area contributed by atoms with Gasteiger partial charge in [0, 0.05) is 7.11 Å². The lowest BCUT2D eigenvalue weighted by atomic mass is 10.4. The first kappa shape index (κ1) is 14.9. The molecule has 0 aliphatic heterocycles. The van der Waals surface area contributed by atoms with Crippen LogP contribution in [0.3, 0.4) is 0 Å². The van der Waals surface area contributed by atoms with Crippen molar-refractivity contribution >= 4 is 9.84 Å². The van der Waals surface area contributed by atoms with Gasteiger partial charge in [-0.25, -0.2) is 8.42 Å². The Bertz CT molecular complexity index is 236. The van der Waals surface area contributed by atoms with Crippen molar-refractivity contribution in [3.05, 3.63) is 0 Å². The van der Waals surface area contributed by atoms with Gasteiger partial charge in [-0.1, -0.05) is 13.3 Å². The van der Waals surface area contributed by atoms with Gasteiger partial charge in [-0.3, -0.25) is 0 Å². The lowest BCUT2D eigenvalue weighted by Gasteiger charge is -2.10. The minimum Gasteiger partial charge on any atom is -0.356 e. The summed E-state index contributed by atoms with van der Waals surface area (Å²) in [5, 5.41) is 0. The van der Waals surface area contributed by atoms with E-state index in [1.807, 2.05) is 6.92 Å². The van der Waals surface area contributed by atoms with E-state index in [4.69, 9.17) is 9.47 Å². The Morgan fingerprint density at radius 2 is 1.80 bits per heavy atom. The summed E-state index contributed by atoms with van der Waals surface area (Å²) in [5.41, 5.74) is 0. The lowest BCUT2D eigenvalue weighted by Crippen LogP contribution is -2.16. The highest BCUT2D eigenvalue weighted by atomic mass is 32.2. The second kappa shape index (κ2) is 8.07. The minimum atomic E-state index is -2.87. The topological polar surface area (TPSA) is 52.6 Å². The molecule has 0 aliphatic carbocycles. The third-order valence-electron chi connectivity index (χ3n) is 2.09. The zero-order chi connectivity index (χ0) is 11.7. The molecule has 0 amide bonds. The van der Waals surface area contributed by atoms with Crippen LogP contribution in [0.5, 0.6) is 0 Å². The van der Waals surface area contributed by atoms with Gasteiger partial charge in [0.15, 0.2) is 6.29 Å². The second-order valence-corrected chi connectivity index (χ2v) is 5.84. The first-order valence-corrected chi connectivity index (χ1v) is 7.18. The lowest BCUT2D eigenvalue weighted by molar-refractivity contribution is -0.110. The van der Waals surface area contributed by atoms with Gasteiger partial charge in [0.2, 0.25) is 0 Å². The maximum atomic E-state index is 11.4. The van der Waals surface area contributed by atoms with E-state index >= 15 is 0 Å². The zero-order valence-corrected chi connectivity index (χ0v) is 10.7. The first-order valence-electron chi connectivity index (χ1n) is 5.36. The van der Waals surface area contributed by atoms with Crippen molar-refractivity contribution in [2.75, 3.05) is 25.2 Å². The van der Waals surface area contributed by atoms with Crippen LogP contribution in [-0.2, 0) is 19.3 Å². The molecule has 0 heterocycles. The number of ether oxygens (including phenoxy) is 2. The molecule has 0 rings (SSSR count). The van der Waals surface area contributed by atoms with E-state index in [2.05, 4.69) is 0 Å². The molecule has 4 nitrogen and oxygen atoms in total. The summed E-state index contributed by atoms with van der Waals surface area (Å²) in [6, 6.07) is 0. The standard InChI is InChI=1S/C10H22O4S/c1-4-5-8-15(11,12)9-6-7-14-10(2)13-3/h10H,4-9H2,1-3H3. The van der Waals surface area contributed by atoms with E-state index in [-0.39, 0.29) is 12.0 Å². The molecule has 0 radical (unpaired) electrons. The van der Waals surface area contributed by atoms with Gasteiger partial charge in [0.1, 0.15) is 9.84 Å². The van der Waals surface area contributed by atoms with E-state index < -0.39 is 9.84 Å². The quantitative estimate of drug-likeness (QED) is 0.452. The van der Waals surface area contributed by atoms with Crippen LogP contribution >= 0.6 is 0 Å². The summed E-state index contributed by atoms with van der Waals surface area (Å²) in [6.07, 6.45) is 1.94. The summed E-state index contributed by atoms with van der Waals surface area (Å²) in [4.78, 5) is 0. The Balaban J connectivity index is 3.57. The second-order valence-electron chi connectivity index (χ2n) is 3.53. The Morgan fingerprint density at radius 1 is 1.20 bits per heavy atom. The Labute approximate surface area is 92.9 Å². The molecule has 0 aliphatic rings. The molecular formula is C10H22O4S. The van der Waals surface area contributed by atoms with Crippen molar-refractivity contribution in [1.29, 1.82) is 0 Å². The molecule has 1 atom stereocenters. The van der Waals surface area contributed by atoms with E-state index in [0.717, 1.165) is 12.8 Å². The average molecular weight is 238 g/mol. The van der Waals surface area contributed by atoms with Crippen molar-refractivity contribution in [3.8, 4) is 0 Å². The molecule has 0 aromatic carbocycles. The van der Waals surface area contributed by atoms with E-state index in [9.17, 15) is 8.42 Å². The number of methoxy groups -OCH3 is 1. The van der Waals surface area contributed by atoms with Crippen LogP contribution < -0.4 is 0 Å². The molecule has 0 spiro atoms. The summed E-state index contributed by atoms with van der Waals surface area (Å²) in [7, 11) is -1.31. The predicted octanol–water partition coefficient (Wildman–Crippen LogP) is 1.60. The van der Waals surface area contributed by atoms with Crippen molar-refractivity contribution in [2.24, 2.45) is 0 Å². The van der Waals surface area contributed by atoms with Crippen LogP contribution in [0.1, 0.15) is 33.1 Å². The van der Waals surface area contributed by atoms with Crippen LogP contribution in [0.25, 0.3) is 0 Å². The molecular weight excluding hydrogens is 216 g/mol. The SMILES string of the molecule is CCCCS(=O)(=O)CCCOC(C)OC. The number of sulfone groups is 1. The third kappa shape index (κ3) is 8.84. The number of unbranched alkanes of at least 4 members (excludes halogenated alkanes) is 1. The Kier molecular flexibility index (Phi) is 8.00. The molecule has 0 aromatic rings. The first-order chi connectivity index (χ1) is 7.02. The molecule has 92 valence electrons. The molecule has 0 aromatic heterocycles. The number of hydrogen-bond acceptors (Lipinski definition) is 4. The van der Waals surface area contributed by atoms with Crippen molar-refractivity contribution in [1.82, 2.24) is 0 Å². The molecule has 0 saturated heterocycles. The normalized spacial score (nSPS) is 14.1.